The molecule has 2 aromatic rings. The fraction of sp³-hybridized carbons (Fsp3) is 0.278. The van der Waals surface area contributed by atoms with E-state index in [1.54, 1.807) is 4.90 Å². The maximum absolute atomic E-state index is 12.9. The monoisotopic (exact) mass is 317 g/mol. The Balaban J connectivity index is 1.81. The Labute approximate surface area is 131 Å². The molecule has 2 aliphatic heterocycles. The van der Waals surface area contributed by atoms with Crippen LogP contribution in [0.5, 0.6) is 0 Å². The average Bonchev–Trinajstić information content (AvgIpc) is 2.53. The number of carbonyl (C=O) groups is 1. The summed E-state index contributed by atoms with van der Waals surface area (Å²) in [4.78, 5) is 14.5. The molecule has 0 aliphatic carbocycles. The number of carbonyl (C=O) groups excluding carboxylic acids is 1. The van der Waals surface area contributed by atoms with Gasteiger partial charge in [-0.05, 0) is 47.7 Å². The molecule has 5 heteroatoms. The Hall–Kier alpha value is -2.30. The number of halogens is 3. The van der Waals surface area contributed by atoms with Crippen LogP contribution in [0.2, 0.25) is 0 Å². The zero-order valence-electron chi connectivity index (χ0n) is 12.2. The molecule has 4 rings (SSSR count). The predicted octanol–water partition coefficient (Wildman–Crippen LogP) is 4.00. The molecular formula is C18H14F3NO. The largest absolute Gasteiger partial charge is 0.416 e. The summed E-state index contributed by atoms with van der Waals surface area (Å²) in [7, 11) is 0. The van der Waals surface area contributed by atoms with E-state index in [0.717, 1.165) is 24.1 Å². The smallest absolute Gasteiger partial charge is 0.331 e. The first-order valence-corrected chi connectivity index (χ1v) is 7.54. The van der Waals surface area contributed by atoms with Crippen molar-refractivity contribution in [2.75, 3.05) is 6.54 Å². The zero-order chi connectivity index (χ0) is 16.2. The molecule has 118 valence electrons. The average molecular weight is 317 g/mol. The lowest BCUT2D eigenvalue weighted by atomic mass is 9.83. The summed E-state index contributed by atoms with van der Waals surface area (Å²) in [6.07, 6.45) is -3.17. The minimum Gasteiger partial charge on any atom is -0.331 e. The molecule has 0 unspecified atom stereocenters. The molecule has 2 aromatic carbocycles. The molecule has 0 saturated heterocycles. The maximum atomic E-state index is 12.9. The van der Waals surface area contributed by atoms with Gasteiger partial charge in [0.05, 0.1) is 11.6 Å². The van der Waals surface area contributed by atoms with Crippen molar-refractivity contribution >= 4 is 5.91 Å². The van der Waals surface area contributed by atoms with Gasteiger partial charge in [0.1, 0.15) is 0 Å². The lowest BCUT2D eigenvalue weighted by Crippen LogP contribution is -2.44. The van der Waals surface area contributed by atoms with Gasteiger partial charge in [-0.3, -0.25) is 4.79 Å². The number of fused-ring (bicyclic) bond motifs is 4. The van der Waals surface area contributed by atoms with Crippen LogP contribution >= 0.6 is 0 Å². The highest BCUT2D eigenvalue weighted by Crippen LogP contribution is 2.39. The molecule has 2 nitrogen and oxygen atoms in total. The van der Waals surface area contributed by atoms with Gasteiger partial charge in [0.15, 0.2) is 0 Å². The van der Waals surface area contributed by atoms with Gasteiger partial charge in [0.2, 0.25) is 0 Å². The first-order chi connectivity index (χ1) is 10.9. The lowest BCUT2D eigenvalue weighted by molar-refractivity contribution is -0.137. The van der Waals surface area contributed by atoms with Gasteiger partial charge in [0.25, 0.3) is 5.91 Å². The fourth-order valence-corrected chi connectivity index (χ4v) is 3.63. The summed E-state index contributed by atoms with van der Waals surface area (Å²) < 4.78 is 38.8. The molecule has 0 N–H and O–H groups in total. The number of nitrogens with zero attached hydrogens (tertiary/aromatic N) is 1. The molecule has 23 heavy (non-hydrogen) atoms. The molecule has 0 saturated carbocycles. The van der Waals surface area contributed by atoms with E-state index in [4.69, 9.17) is 0 Å². The lowest BCUT2D eigenvalue weighted by Gasteiger charge is -2.41. The fourth-order valence-electron chi connectivity index (χ4n) is 3.63. The molecular weight excluding hydrogens is 303 g/mol. The first kappa shape index (κ1) is 14.3. The third-order valence-corrected chi connectivity index (χ3v) is 4.75. The molecule has 0 aromatic heterocycles. The molecule has 0 radical (unpaired) electrons. The van der Waals surface area contributed by atoms with Gasteiger partial charge in [-0.2, -0.15) is 13.2 Å². The van der Waals surface area contributed by atoms with Crippen LogP contribution in [0.1, 0.15) is 38.7 Å². The summed E-state index contributed by atoms with van der Waals surface area (Å²) in [5.74, 6) is -0.167. The normalized spacial score (nSPS) is 19.9. The van der Waals surface area contributed by atoms with Gasteiger partial charge in [0, 0.05) is 12.1 Å². The van der Waals surface area contributed by atoms with Crippen LogP contribution in [0.3, 0.4) is 0 Å². The van der Waals surface area contributed by atoms with Crippen molar-refractivity contribution in [3.63, 3.8) is 0 Å². The number of rotatable bonds is 0. The second-order valence-corrected chi connectivity index (χ2v) is 6.04. The first-order valence-electron chi connectivity index (χ1n) is 7.54. The van der Waals surface area contributed by atoms with Gasteiger partial charge in [-0.15, -0.1) is 0 Å². The van der Waals surface area contributed by atoms with Crippen molar-refractivity contribution in [2.45, 2.75) is 25.1 Å². The van der Waals surface area contributed by atoms with Crippen LogP contribution in [0.4, 0.5) is 13.2 Å². The van der Waals surface area contributed by atoms with Crippen LogP contribution in [-0.2, 0) is 19.0 Å². The SMILES string of the molecule is O=C1c2ccc(C(F)(F)F)cc2C[C@H]2c3ccccc3CCN12. The molecule has 1 amide bonds. The summed E-state index contributed by atoms with van der Waals surface area (Å²) >= 11 is 0. The van der Waals surface area contributed by atoms with Gasteiger partial charge in [-0.1, -0.05) is 24.3 Å². The maximum Gasteiger partial charge on any atom is 0.416 e. The van der Waals surface area contributed by atoms with E-state index in [2.05, 4.69) is 0 Å². The van der Waals surface area contributed by atoms with Crippen LogP contribution in [0, 0.1) is 0 Å². The second-order valence-electron chi connectivity index (χ2n) is 6.04. The topological polar surface area (TPSA) is 20.3 Å². The standard InChI is InChI=1S/C18H14F3NO/c19-18(20,21)13-5-6-15-12(9-13)10-16-14-4-2-1-3-11(14)7-8-22(16)17(15)23/h1-6,9,16H,7-8,10H2/t16-/m0/s1. The quantitative estimate of drug-likeness (QED) is 0.719. The molecule has 0 fully saturated rings. The Morgan fingerprint density at radius 3 is 2.61 bits per heavy atom. The Morgan fingerprint density at radius 2 is 1.83 bits per heavy atom. The van der Waals surface area contributed by atoms with Crippen LogP contribution < -0.4 is 0 Å². The number of amides is 1. The second kappa shape index (κ2) is 4.85. The van der Waals surface area contributed by atoms with Gasteiger partial charge < -0.3 is 4.90 Å². The van der Waals surface area contributed by atoms with Crippen LogP contribution in [0.15, 0.2) is 42.5 Å². The Kier molecular flexibility index (Phi) is 3.01. The van der Waals surface area contributed by atoms with Gasteiger partial charge >= 0.3 is 6.18 Å². The van der Waals surface area contributed by atoms with Crippen molar-refractivity contribution in [1.29, 1.82) is 0 Å². The van der Waals surface area contributed by atoms with E-state index in [9.17, 15) is 18.0 Å². The highest BCUT2D eigenvalue weighted by molar-refractivity contribution is 5.97. The predicted molar refractivity (Wildman–Crippen MR) is 79.1 cm³/mol. The number of benzene rings is 2. The van der Waals surface area contributed by atoms with Crippen molar-refractivity contribution in [3.05, 3.63) is 70.3 Å². The highest BCUT2D eigenvalue weighted by Gasteiger charge is 2.38. The van der Waals surface area contributed by atoms with Gasteiger partial charge in [-0.25, -0.2) is 0 Å². The van der Waals surface area contributed by atoms with Crippen LogP contribution in [-0.4, -0.2) is 17.4 Å². The van der Waals surface area contributed by atoms with Crippen molar-refractivity contribution in [1.82, 2.24) is 4.90 Å². The van der Waals surface area contributed by atoms with Crippen molar-refractivity contribution in [3.8, 4) is 0 Å². The molecule has 2 aliphatic rings. The summed E-state index contributed by atoms with van der Waals surface area (Å²) in [6, 6.07) is 11.1. The van der Waals surface area contributed by atoms with E-state index in [1.165, 1.54) is 11.6 Å². The van der Waals surface area contributed by atoms with E-state index >= 15 is 0 Å². The molecule has 0 bridgehead atoms. The van der Waals surface area contributed by atoms with E-state index < -0.39 is 11.7 Å². The minimum absolute atomic E-state index is 0.163. The zero-order valence-corrected chi connectivity index (χ0v) is 12.2. The summed E-state index contributed by atoms with van der Waals surface area (Å²) in [6.45, 7) is 0.612. The third kappa shape index (κ3) is 2.22. The van der Waals surface area contributed by atoms with Crippen LogP contribution in [0.25, 0.3) is 0 Å². The number of hydrogen-bond donors (Lipinski definition) is 0. The van der Waals surface area contributed by atoms with E-state index in [0.29, 0.717) is 24.1 Å². The summed E-state index contributed by atoms with van der Waals surface area (Å²) in [5.41, 5.74) is 2.42. The summed E-state index contributed by atoms with van der Waals surface area (Å²) in [5, 5.41) is 0. The van der Waals surface area contributed by atoms with E-state index in [1.807, 2.05) is 24.3 Å². The Bertz CT molecular complexity index is 797. The minimum atomic E-state index is -4.39. The van der Waals surface area contributed by atoms with E-state index in [-0.39, 0.29) is 11.9 Å². The Morgan fingerprint density at radius 1 is 1.04 bits per heavy atom. The highest BCUT2D eigenvalue weighted by atomic mass is 19.4. The molecule has 0 spiro atoms. The van der Waals surface area contributed by atoms with Crippen molar-refractivity contribution < 1.29 is 18.0 Å². The number of alkyl halides is 3. The number of hydrogen-bond acceptors (Lipinski definition) is 1. The molecule has 2 heterocycles. The molecule has 1 atom stereocenters. The third-order valence-electron chi connectivity index (χ3n) is 4.75. The van der Waals surface area contributed by atoms with Crippen molar-refractivity contribution in [2.24, 2.45) is 0 Å².